The molecule has 5 fully saturated rings. The summed E-state index contributed by atoms with van der Waals surface area (Å²) >= 11 is 0. The van der Waals surface area contributed by atoms with E-state index >= 15 is 0 Å². The van der Waals surface area contributed by atoms with Crippen LogP contribution in [0.4, 0.5) is 0 Å². The van der Waals surface area contributed by atoms with Crippen molar-refractivity contribution in [3.8, 4) is 22.6 Å². The number of benzene rings is 3. The summed E-state index contributed by atoms with van der Waals surface area (Å²) in [5.74, 6) is 4.09. The van der Waals surface area contributed by atoms with Gasteiger partial charge in [-0.1, -0.05) is 43.5 Å². The quantitative estimate of drug-likeness (QED) is 0.414. The van der Waals surface area contributed by atoms with Gasteiger partial charge >= 0.3 is 0 Å². The van der Waals surface area contributed by atoms with Gasteiger partial charge in [0.25, 0.3) is 0 Å². The zero-order valence-electron chi connectivity index (χ0n) is 20.9. The van der Waals surface area contributed by atoms with Gasteiger partial charge in [-0.3, -0.25) is 0 Å². The Kier molecular flexibility index (Phi) is 4.17. The van der Waals surface area contributed by atoms with E-state index in [9.17, 15) is 5.11 Å². The number of phenolic OH excluding ortho intramolecular Hbond substituents is 1. The van der Waals surface area contributed by atoms with E-state index in [0.717, 1.165) is 28.9 Å². The third kappa shape index (κ3) is 2.67. The van der Waals surface area contributed by atoms with E-state index in [1.165, 1.54) is 104 Å². The fraction of sp³-hybridized carbons (Fsp3) is 0.515. The number of hydrogen-bond donors (Lipinski definition) is 1. The van der Waals surface area contributed by atoms with Crippen LogP contribution in [0.3, 0.4) is 0 Å². The molecule has 0 radical (unpaired) electrons. The number of phenols is 1. The topological polar surface area (TPSA) is 29.5 Å². The van der Waals surface area contributed by atoms with E-state index in [2.05, 4.69) is 42.5 Å². The van der Waals surface area contributed by atoms with E-state index < -0.39 is 0 Å². The van der Waals surface area contributed by atoms with Gasteiger partial charge in [0, 0.05) is 16.4 Å². The molecule has 180 valence electrons. The lowest BCUT2D eigenvalue weighted by Crippen LogP contribution is -2.48. The number of rotatable bonds is 2. The standard InChI is InChI=1S/C33H36O2/c1-35-30-15-24-25(14-27(30)32-17-20-11-21(18-32)13-22(12-20)19-32)31-23-7-3-4-8-26(23)33(9-5-2-6-10-33)28(31)16-29(24)34/h3-4,7-8,14-16,20-22,34H,2,5-6,9-13,17-19H2,1H3. The van der Waals surface area contributed by atoms with E-state index in [1.54, 1.807) is 0 Å². The van der Waals surface area contributed by atoms with Crippen LogP contribution in [-0.2, 0) is 10.8 Å². The van der Waals surface area contributed by atoms with Crippen LogP contribution in [0.1, 0.15) is 87.3 Å². The lowest BCUT2D eigenvalue weighted by Gasteiger charge is -2.57. The Balaban J connectivity index is 1.42. The normalized spacial score (nSPS) is 31.6. The van der Waals surface area contributed by atoms with Crippen LogP contribution in [0.2, 0.25) is 0 Å². The second kappa shape index (κ2) is 7.05. The van der Waals surface area contributed by atoms with Crippen molar-refractivity contribution >= 4 is 10.8 Å². The first-order valence-corrected chi connectivity index (χ1v) is 14.1. The summed E-state index contributed by atoms with van der Waals surface area (Å²) in [4.78, 5) is 0. The summed E-state index contributed by atoms with van der Waals surface area (Å²) in [5.41, 5.74) is 7.42. The molecule has 0 atom stereocenters. The molecular formula is C33H36O2. The molecule has 9 rings (SSSR count). The first-order valence-electron chi connectivity index (χ1n) is 14.1. The predicted molar refractivity (Wildman–Crippen MR) is 141 cm³/mol. The van der Waals surface area contributed by atoms with E-state index in [1.807, 2.05) is 7.11 Å². The summed E-state index contributed by atoms with van der Waals surface area (Å²) in [5, 5.41) is 13.6. The fourth-order valence-corrected chi connectivity index (χ4v) is 10.1. The molecule has 6 aliphatic rings. The van der Waals surface area contributed by atoms with Crippen molar-refractivity contribution in [3.63, 3.8) is 0 Å². The van der Waals surface area contributed by atoms with Crippen LogP contribution >= 0.6 is 0 Å². The minimum Gasteiger partial charge on any atom is -0.507 e. The molecule has 3 aromatic rings. The first kappa shape index (κ1) is 20.7. The predicted octanol–water partition coefficient (Wildman–Crippen LogP) is 8.25. The Labute approximate surface area is 208 Å². The number of aromatic hydroxyl groups is 1. The highest BCUT2D eigenvalue weighted by molar-refractivity contribution is 6.06. The maximum absolute atomic E-state index is 11.4. The smallest absolute Gasteiger partial charge is 0.123 e. The van der Waals surface area contributed by atoms with E-state index in [4.69, 9.17) is 4.74 Å². The van der Waals surface area contributed by atoms with Crippen LogP contribution < -0.4 is 4.74 Å². The van der Waals surface area contributed by atoms with Crippen LogP contribution in [0.25, 0.3) is 21.9 Å². The van der Waals surface area contributed by atoms with Crippen molar-refractivity contribution in [1.29, 1.82) is 0 Å². The molecule has 2 heteroatoms. The number of ether oxygens (including phenoxy) is 1. The lowest BCUT2D eigenvalue weighted by atomic mass is 9.48. The maximum atomic E-state index is 11.4. The average molecular weight is 465 g/mol. The Morgan fingerprint density at radius 3 is 2.14 bits per heavy atom. The number of hydrogen-bond acceptors (Lipinski definition) is 2. The van der Waals surface area contributed by atoms with Gasteiger partial charge < -0.3 is 9.84 Å². The maximum Gasteiger partial charge on any atom is 0.123 e. The molecular weight excluding hydrogens is 428 g/mol. The van der Waals surface area contributed by atoms with Crippen molar-refractivity contribution in [2.75, 3.05) is 7.11 Å². The van der Waals surface area contributed by atoms with Crippen molar-refractivity contribution in [2.45, 2.75) is 81.5 Å². The van der Waals surface area contributed by atoms with E-state index in [-0.39, 0.29) is 10.8 Å². The van der Waals surface area contributed by atoms with Gasteiger partial charge in [-0.2, -0.15) is 0 Å². The summed E-state index contributed by atoms with van der Waals surface area (Å²) in [6.45, 7) is 0. The summed E-state index contributed by atoms with van der Waals surface area (Å²) in [6.07, 6.45) is 14.6. The Hall–Kier alpha value is -2.48. The Morgan fingerprint density at radius 2 is 1.46 bits per heavy atom. The van der Waals surface area contributed by atoms with Crippen LogP contribution in [0, 0.1) is 17.8 Å². The van der Waals surface area contributed by atoms with Gasteiger partial charge in [0.15, 0.2) is 0 Å². The van der Waals surface area contributed by atoms with Crippen molar-refractivity contribution in [1.82, 2.24) is 0 Å². The van der Waals surface area contributed by atoms with Gasteiger partial charge in [0.1, 0.15) is 11.5 Å². The molecule has 35 heavy (non-hydrogen) atoms. The number of fused-ring (bicyclic) bond motifs is 7. The van der Waals surface area contributed by atoms with Crippen molar-refractivity contribution in [2.24, 2.45) is 17.8 Å². The van der Waals surface area contributed by atoms with Gasteiger partial charge in [0.05, 0.1) is 7.11 Å². The molecule has 0 unspecified atom stereocenters. The van der Waals surface area contributed by atoms with Crippen LogP contribution in [0.5, 0.6) is 11.5 Å². The molecule has 6 aliphatic carbocycles. The van der Waals surface area contributed by atoms with Crippen LogP contribution in [-0.4, -0.2) is 12.2 Å². The molecule has 5 saturated carbocycles. The monoisotopic (exact) mass is 464 g/mol. The van der Waals surface area contributed by atoms with Gasteiger partial charge in [-0.25, -0.2) is 0 Å². The minimum atomic E-state index is 0.0661. The molecule has 0 amide bonds. The highest BCUT2D eigenvalue weighted by atomic mass is 16.5. The Bertz CT molecular complexity index is 1320. The zero-order valence-corrected chi connectivity index (χ0v) is 20.9. The second-order valence-electron chi connectivity index (χ2n) is 12.8. The van der Waals surface area contributed by atoms with Crippen molar-refractivity contribution in [3.05, 3.63) is 59.2 Å². The molecule has 4 bridgehead atoms. The third-order valence-corrected chi connectivity index (χ3v) is 11.0. The molecule has 0 saturated heterocycles. The molecule has 0 aromatic heterocycles. The van der Waals surface area contributed by atoms with Gasteiger partial charge in [-0.15, -0.1) is 0 Å². The highest BCUT2D eigenvalue weighted by Gasteiger charge is 2.53. The highest BCUT2D eigenvalue weighted by Crippen LogP contribution is 2.63. The SMILES string of the molecule is COc1cc2c(O)cc3c(c2cc1C12CC4CC(CC(C4)C1)C2)-c1ccccc1C31CCCCC1. The first-order chi connectivity index (χ1) is 17.1. The fourth-order valence-electron chi connectivity index (χ4n) is 10.1. The second-order valence-corrected chi connectivity index (χ2v) is 12.8. The molecule has 0 aliphatic heterocycles. The van der Waals surface area contributed by atoms with Gasteiger partial charge in [-0.05, 0) is 120 Å². The van der Waals surface area contributed by atoms with Crippen molar-refractivity contribution < 1.29 is 9.84 Å². The molecule has 3 aromatic carbocycles. The minimum absolute atomic E-state index is 0.0661. The summed E-state index contributed by atoms with van der Waals surface area (Å²) in [6, 6.07) is 15.9. The summed E-state index contributed by atoms with van der Waals surface area (Å²) in [7, 11) is 1.82. The zero-order chi connectivity index (χ0) is 23.4. The average Bonchev–Trinajstić information content (AvgIpc) is 3.12. The molecule has 2 nitrogen and oxygen atoms in total. The molecule has 1 spiro atoms. The number of methoxy groups -OCH3 is 1. The molecule has 1 N–H and O–H groups in total. The Morgan fingerprint density at radius 1 is 0.771 bits per heavy atom. The van der Waals surface area contributed by atoms with E-state index in [0.29, 0.717) is 5.75 Å². The van der Waals surface area contributed by atoms with Gasteiger partial charge in [0.2, 0.25) is 0 Å². The van der Waals surface area contributed by atoms with Crippen LogP contribution in [0.15, 0.2) is 42.5 Å². The summed E-state index contributed by atoms with van der Waals surface area (Å²) < 4.78 is 6.09. The molecule has 0 heterocycles. The lowest BCUT2D eigenvalue weighted by molar-refractivity contribution is -0.00609. The third-order valence-electron chi connectivity index (χ3n) is 11.0. The largest absolute Gasteiger partial charge is 0.507 e.